The second-order valence-electron chi connectivity index (χ2n) is 6.31. The minimum Gasteiger partial charge on any atom is -0.352 e. The van der Waals surface area contributed by atoms with E-state index < -0.39 is 4.92 Å². The van der Waals surface area contributed by atoms with Crippen LogP contribution in [-0.4, -0.2) is 52.1 Å². The molecule has 0 saturated carbocycles. The fraction of sp³-hybridized carbons (Fsp3) is 0.211. The average Bonchev–Trinajstić information content (AvgIpc) is 3.28. The molecule has 3 heterocycles. The second kappa shape index (κ2) is 7.73. The minimum atomic E-state index is -0.520. The maximum Gasteiger partial charge on any atom is 0.282 e. The summed E-state index contributed by atoms with van der Waals surface area (Å²) in [6.07, 6.45) is 0. The molecule has 1 fully saturated rings. The lowest BCUT2D eigenvalue weighted by Gasteiger charge is -2.35. The molecule has 0 bridgehead atoms. The van der Waals surface area contributed by atoms with Crippen LogP contribution in [0, 0.1) is 10.1 Å². The number of carbonyl (C=O) groups is 1. The molecule has 8 nitrogen and oxygen atoms in total. The van der Waals surface area contributed by atoms with Gasteiger partial charge in [-0.25, -0.2) is 0 Å². The first-order valence-corrected chi connectivity index (χ1v) is 9.67. The summed E-state index contributed by atoms with van der Waals surface area (Å²) < 4.78 is 0. The molecular formula is C19H17N5O3S. The van der Waals surface area contributed by atoms with Crippen molar-refractivity contribution in [1.29, 1.82) is 0 Å². The van der Waals surface area contributed by atoms with Gasteiger partial charge in [-0.3, -0.25) is 14.9 Å². The van der Waals surface area contributed by atoms with Gasteiger partial charge in [0.05, 0.1) is 9.80 Å². The van der Waals surface area contributed by atoms with Crippen molar-refractivity contribution in [3.63, 3.8) is 0 Å². The number of hydrogen-bond acceptors (Lipinski definition) is 7. The zero-order chi connectivity index (χ0) is 19.5. The van der Waals surface area contributed by atoms with Gasteiger partial charge in [0, 0.05) is 32.2 Å². The predicted molar refractivity (Wildman–Crippen MR) is 107 cm³/mol. The average molecular weight is 395 g/mol. The molecule has 0 unspecified atom stereocenters. The second-order valence-corrected chi connectivity index (χ2v) is 7.26. The number of rotatable bonds is 4. The van der Waals surface area contributed by atoms with Crippen LogP contribution < -0.4 is 4.90 Å². The van der Waals surface area contributed by atoms with E-state index >= 15 is 0 Å². The lowest BCUT2D eigenvalue weighted by molar-refractivity contribution is -0.385. The van der Waals surface area contributed by atoms with E-state index in [1.165, 1.54) is 12.1 Å². The van der Waals surface area contributed by atoms with Crippen molar-refractivity contribution >= 4 is 28.7 Å². The van der Waals surface area contributed by atoms with Crippen LogP contribution in [0.3, 0.4) is 0 Å². The van der Waals surface area contributed by atoms with Crippen molar-refractivity contribution < 1.29 is 9.72 Å². The maximum atomic E-state index is 12.7. The Hall–Kier alpha value is -3.33. The van der Waals surface area contributed by atoms with E-state index in [4.69, 9.17) is 0 Å². The molecule has 0 radical (unpaired) electrons. The predicted octanol–water partition coefficient (Wildman–Crippen LogP) is 3.08. The number of piperazine rings is 1. The van der Waals surface area contributed by atoms with Crippen LogP contribution in [0.4, 0.5) is 11.5 Å². The van der Waals surface area contributed by atoms with Gasteiger partial charge in [0.25, 0.3) is 11.6 Å². The van der Waals surface area contributed by atoms with Crippen LogP contribution in [0.2, 0.25) is 0 Å². The molecule has 4 rings (SSSR count). The summed E-state index contributed by atoms with van der Waals surface area (Å²) in [5.41, 5.74) is 0.801. The van der Waals surface area contributed by atoms with Crippen LogP contribution in [0.1, 0.15) is 10.4 Å². The number of benzene rings is 1. The largest absolute Gasteiger partial charge is 0.352 e. The molecule has 2 aromatic heterocycles. The van der Waals surface area contributed by atoms with Crippen molar-refractivity contribution in [1.82, 2.24) is 15.1 Å². The lowest BCUT2D eigenvalue weighted by atomic mass is 10.1. The maximum absolute atomic E-state index is 12.7. The molecule has 0 spiro atoms. The topological polar surface area (TPSA) is 92.5 Å². The molecule has 0 atom stereocenters. The molecule has 1 saturated heterocycles. The molecule has 3 aromatic rings. The third kappa shape index (κ3) is 3.56. The number of nitro groups is 1. The number of thiophene rings is 1. The third-order valence-electron chi connectivity index (χ3n) is 4.65. The molecule has 0 N–H and O–H groups in total. The summed E-state index contributed by atoms with van der Waals surface area (Å²) >= 11 is 1.61. The van der Waals surface area contributed by atoms with E-state index in [0.29, 0.717) is 26.2 Å². The van der Waals surface area contributed by atoms with Crippen LogP contribution >= 0.6 is 11.3 Å². The minimum absolute atomic E-state index is 0.126. The van der Waals surface area contributed by atoms with Crippen LogP contribution in [0.25, 0.3) is 10.6 Å². The number of hydrogen-bond donors (Lipinski definition) is 0. The summed E-state index contributed by atoms with van der Waals surface area (Å²) in [6, 6.07) is 13.9. The van der Waals surface area contributed by atoms with Gasteiger partial charge >= 0.3 is 0 Å². The monoisotopic (exact) mass is 395 g/mol. The quantitative estimate of drug-likeness (QED) is 0.498. The Balaban J connectivity index is 1.42. The number of nitrogens with zero attached hydrogens (tertiary/aromatic N) is 5. The van der Waals surface area contributed by atoms with E-state index in [1.54, 1.807) is 28.4 Å². The number of nitro benzene ring substituents is 1. The van der Waals surface area contributed by atoms with Crippen molar-refractivity contribution in [2.45, 2.75) is 0 Å². The molecule has 0 aliphatic carbocycles. The van der Waals surface area contributed by atoms with Crippen molar-refractivity contribution in [2.24, 2.45) is 0 Å². The van der Waals surface area contributed by atoms with Crippen LogP contribution in [0.15, 0.2) is 53.9 Å². The van der Waals surface area contributed by atoms with Gasteiger partial charge in [-0.1, -0.05) is 18.2 Å². The number of aromatic nitrogens is 2. The standard InChI is InChI=1S/C19H17N5O3S/c25-19(14-4-1-2-5-16(14)24(26)27)23-11-9-22(10-12-23)18-8-7-15(20-21-18)17-6-3-13-28-17/h1-8,13H,9-12H2. The van der Waals surface area contributed by atoms with Gasteiger partial charge in [-0.15, -0.1) is 21.5 Å². The van der Waals surface area contributed by atoms with Gasteiger partial charge in [0.2, 0.25) is 0 Å². The molecule has 28 heavy (non-hydrogen) atoms. The highest BCUT2D eigenvalue weighted by Crippen LogP contribution is 2.24. The molecule has 1 amide bonds. The van der Waals surface area contributed by atoms with Crippen molar-refractivity contribution in [3.8, 4) is 10.6 Å². The number of para-hydroxylation sites is 1. The number of anilines is 1. The summed E-state index contributed by atoms with van der Waals surface area (Å²) in [5, 5.41) is 21.8. The van der Waals surface area contributed by atoms with Gasteiger partial charge in [-0.2, -0.15) is 0 Å². The number of amides is 1. The van der Waals surface area contributed by atoms with E-state index in [9.17, 15) is 14.9 Å². The van der Waals surface area contributed by atoms with E-state index in [1.807, 2.05) is 29.6 Å². The van der Waals surface area contributed by atoms with E-state index in [0.717, 1.165) is 16.4 Å². The Morgan fingerprint density at radius 1 is 1.00 bits per heavy atom. The lowest BCUT2D eigenvalue weighted by Crippen LogP contribution is -2.49. The Kier molecular flexibility index (Phi) is 4.98. The molecular weight excluding hydrogens is 378 g/mol. The fourth-order valence-electron chi connectivity index (χ4n) is 3.17. The Morgan fingerprint density at radius 3 is 2.43 bits per heavy atom. The highest BCUT2D eigenvalue weighted by Gasteiger charge is 2.27. The summed E-state index contributed by atoms with van der Waals surface area (Å²) in [7, 11) is 0. The molecule has 1 aliphatic heterocycles. The van der Waals surface area contributed by atoms with Gasteiger partial charge in [0.1, 0.15) is 11.3 Å². The molecule has 142 valence electrons. The smallest absolute Gasteiger partial charge is 0.282 e. The van der Waals surface area contributed by atoms with Crippen LogP contribution in [0.5, 0.6) is 0 Å². The van der Waals surface area contributed by atoms with Gasteiger partial charge < -0.3 is 9.80 Å². The highest BCUT2D eigenvalue weighted by molar-refractivity contribution is 7.13. The third-order valence-corrected chi connectivity index (χ3v) is 5.54. The zero-order valence-electron chi connectivity index (χ0n) is 14.9. The van der Waals surface area contributed by atoms with Gasteiger partial charge in [-0.05, 0) is 29.6 Å². The number of carbonyl (C=O) groups excluding carboxylic acids is 1. The SMILES string of the molecule is O=C(c1ccccc1[N+](=O)[O-])N1CCN(c2ccc(-c3cccs3)nn2)CC1. The van der Waals surface area contributed by atoms with Crippen LogP contribution in [-0.2, 0) is 0 Å². The molecule has 1 aromatic carbocycles. The molecule has 9 heteroatoms. The van der Waals surface area contributed by atoms with E-state index in [-0.39, 0.29) is 17.2 Å². The summed E-state index contributed by atoms with van der Waals surface area (Å²) in [5.74, 6) is 0.448. The Morgan fingerprint density at radius 2 is 1.79 bits per heavy atom. The normalized spacial score (nSPS) is 14.1. The Labute approximate surface area is 165 Å². The fourth-order valence-corrected chi connectivity index (χ4v) is 3.86. The first kappa shape index (κ1) is 18.1. The molecule has 1 aliphatic rings. The van der Waals surface area contributed by atoms with Crippen molar-refractivity contribution in [2.75, 3.05) is 31.1 Å². The van der Waals surface area contributed by atoms with Gasteiger partial charge in [0.15, 0.2) is 5.82 Å². The zero-order valence-corrected chi connectivity index (χ0v) is 15.7. The first-order valence-electron chi connectivity index (χ1n) is 8.79. The summed E-state index contributed by atoms with van der Waals surface area (Å²) in [4.78, 5) is 28.1. The van der Waals surface area contributed by atoms with Crippen molar-refractivity contribution in [3.05, 3.63) is 69.6 Å². The van der Waals surface area contributed by atoms with E-state index in [2.05, 4.69) is 15.1 Å². The highest BCUT2D eigenvalue weighted by atomic mass is 32.1. The Bertz CT molecular complexity index is 983. The first-order chi connectivity index (χ1) is 13.6. The summed E-state index contributed by atoms with van der Waals surface area (Å²) in [6.45, 7) is 2.14.